The Morgan fingerprint density at radius 1 is 0.562 bits per heavy atom. The topological polar surface area (TPSA) is 108 Å². The normalized spacial score (nSPS) is 13.7. The Morgan fingerprint density at radius 3 is 1.44 bits per heavy atom. The van der Waals surface area contributed by atoms with Crippen molar-refractivity contribution in [1.82, 2.24) is 0 Å². The molecule has 9 heteroatoms. The second kappa shape index (κ2) is 35.4. The molecule has 282 valence electrons. The van der Waals surface area contributed by atoms with Gasteiger partial charge in [-0.2, -0.15) is 0 Å². The second-order valence-corrected chi connectivity index (χ2v) is 14.6. The van der Waals surface area contributed by atoms with Gasteiger partial charge in [0.05, 0.1) is 6.61 Å². The van der Waals surface area contributed by atoms with Crippen LogP contribution in [0.3, 0.4) is 0 Å². The number of allylic oxidation sites excluding steroid dienone is 4. The largest absolute Gasteiger partial charge is 0.472 e. The summed E-state index contributed by atoms with van der Waals surface area (Å²) < 4.78 is 31.8. The van der Waals surface area contributed by atoms with Gasteiger partial charge in [-0.05, 0) is 57.8 Å². The first-order valence-electron chi connectivity index (χ1n) is 19.5. The molecule has 0 aliphatic carbocycles. The first-order chi connectivity index (χ1) is 23.3. The van der Waals surface area contributed by atoms with Crippen LogP contribution in [0.15, 0.2) is 24.3 Å². The highest BCUT2D eigenvalue weighted by molar-refractivity contribution is 7.47. The van der Waals surface area contributed by atoms with E-state index in [0.717, 1.165) is 64.9 Å². The molecule has 0 aliphatic rings. The number of carbonyl (C=O) groups excluding carboxylic acids is 2. The van der Waals surface area contributed by atoms with Gasteiger partial charge in [-0.3, -0.25) is 18.6 Å². The Kier molecular flexibility index (Phi) is 34.3. The van der Waals surface area contributed by atoms with Gasteiger partial charge in [0.2, 0.25) is 0 Å². The lowest BCUT2D eigenvalue weighted by atomic mass is 10.1. The number of esters is 2. The molecule has 0 radical (unpaired) electrons. The number of hydrogen-bond acceptors (Lipinski definition) is 7. The number of ether oxygens (including phenoxy) is 2. The molecule has 1 N–H and O–H groups in total. The zero-order chi connectivity index (χ0) is 35.4. The van der Waals surface area contributed by atoms with Crippen LogP contribution >= 0.6 is 7.82 Å². The van der Waals surface area contributed by atoms with Gasteiger partial charge in [0.1, 0.15) is 6.61 Å². The van der Waals surface area contributed by atoms with Crippen molar-refractivity contribution in [3.63, 3.8) is 0 Å². The van der Waals surface area contributed by atoms with Crippen LogP contribution in [0.4, 0.5) is 0 Å². The SMILES string of the molecule is CCC/C=C\CCCCCCCC(=O)OCC(COP(=O)(O)OC)OC(=O)CCCCCCCCCCC/C=C\CCCCCCCC. The number of hydrogen-bond donors (Lipinski definition) is 1. The molecule has 8 nitrogen and oxygen atoms in total. The Hall–Kier alpha value is -1.47. The quantitative estimate of drug-likeness (QED) is 0.0298. The average Bonchev–Trinajstić information content (AvgIpc) is 3.07. The highest BCUT2D eigenvalue weighted by Gasteiger charge is 2.24. The van der Waals surface area contributed by atoms with Crippen molar-refractivity contribution in [2.75, 3.05) is 20.3 Å². The molecule has 0 aliphatic heterocycles. The molecule has 0 bridgehead atoms. The van der Waals surface area contributed by atoms with E-state index in [1.54, 1.807) is 0 Å². The van der Waals surface area contributed by atoms with Crippen molar-refractivity contribution < 1.29 is 37.6 Å². The molecule has 0 saturated carbocycles. The maximum atomic E-state index is 12.5. The van der Waals surface area contributed by atoms with E-state index < -0.39 is 26.5 Å². The lowest BCUT2D eigenvalue weighted by Gasteiger charge is -2.19. The average molecular weight is 701 g/mol. The van der Waals surface area contributed by atoms with E-state index in [-0.39, 0.29) is 25.4 Å². The molecule has 0 heterocycles. The number of phosphoric ester groups is 1. The van der Waals surface area contributed by atoms with Gasteiger partial charge in [-0.15, -0.1) is 0 Å². The third-order valence-corrected chi connectivity index (χ3v) is 9.34. The summed E-state index contributed by atoms with van der Waals surface area (Å²) in [7, 11) is -3.20. The molecule has 0 aromatic carbocycles. The number of unbranched alkanes of at least 4 members (excludes halogenated alkanes) is 21. The highest BCUT2D eigenvalue weighted by atomic mass is 31.2. The summed E-state index contributed by atoms with van der Waals surface area (Å²) in [6.45, 7) is 3.81. The van der Waals surface area contributed by atoms with E-state index in [4.69, 9.17) is 14.0 Å². The first kappa shape index (κ1) is 46.5. The van der Waals surface area contributed by atoms with E-state index in [1.165, 1.54) is 96.3 Å². The molecule has 0 aromatic heterocycles. The Bertz CT molecular complexity index is 844. The molecular formula is C39H73O8P. The van der Waals surface area contributed by atoms with E-state index in [9.17, 15) is 19.0 Å². The van der Waals surface area contributed by atoms with E-state index >= 15 is 0 Å². The standard InChI is InChI=1S/C39H73O8P/c1-4-6-8-10-12-14-16-17-18-19-20-21-22-23-24-26-28-30-32-34-39(41)47-37(36-46-48(42,43)44-3)35-45-38(40)33-31-29-27-25-15-13-11-9-7-5-2/h9,11,17-18,37H,4-8,10,12-16,19-36H2,1-3H3,(H,42,43)/b11-9-,18-17-. The van der Waals surface area contributed by atoms with Gasteiger partial charge in [-0.25, -0.2) is 4.57 Å². The summed E-state index contributed by atoms with van der Waals surface area (Å²) in [5, 5.41) is 0. The van der Waals surface area contributed by atoms with Crippen molar-refractivity contribution in [3.05, 3.63) is 24.3 Å². The van der Waals surface area contributed by atoms with Crippen LogP contribution in [0.25, 0.3) is 0 Å². The smallest absolute Gasteiger partial charge is 0.462 e. The van der Waals surface area contributed by atoms with Crippen LogP contribution in [-0.2, 0) is 32.7 Å². The van der Waals surface area contributed by atoms with Crippen molar-refractivity contribution in [1.29, 1.82) is 0 Å². The minimum atomic E-state index is -4.25. The summed E-state index contributed by atoms with van der Waals surface area (Å²) in [4.78, 5) is 34.3. The molecule has 0 rings (SSSR count). The fourth-order valence-electron chi connectivity index (χ4n) is 5.36. The molecule has 2 atom stereocenters. The lowest BCUT2D eigenvalue weighted by molar-refractivity contribution is -0.161. The fraction of sp³-hybridized carbons (Fsp3) is 0.846. The van der Waals surface area contributed by atoms with Gasteiger partial charge >= 0.3 is 19.8 Å². The molecular weight excluding hydrogens is 627 g/mol. The fourth-order valence-corrected chi connectivity index (χ4v) is 5.82. The molecule has 0 spiro atoms. The van der Waals surface area contributed by atoms with Gasteiger partial charge in [0.25, 0.3) is 0 Å². The zero-order valence-electron chi connectivity index (χ0n) is 31.1. The van der Waals surface area contributed by atoms with E-state index in [1.807, 2.05) is 0 Å². The predicted octanol–water partition coefficient (Wildman–Crippen LogP) is 11.9. The lowest BCUT2D eigenvalue weighted by Crippen LogP contribution is -2.29. The molecule has 0 saturated heterocycles. The predicted molar refractivity (Wildman–Crippen MR) is 198 cm³/mol. The van der Waals surface area contributed by atoms with Crippen LogP contribution in [0, 0.1) is 0 Å². The number of rotatable bonds is 36. The maximum Gasteiger partial charge on any atom is 0.472 e. The molecule has 0 fully saturated rings. The van der Waals surface area contributed by atoms with Crippen molar-refractivity contribution >= 4 is 19.8 Å². The van der Waals surface area contributed by atoms with Crippen LogP contribution in [0.2, 0.25) is 0 Å². The minimum Gasteiger partial charge on any atom is -0.462 e. The molecule has 0 aromatic rings. The van der Waals surface area contributed by atoms with Crippen LogP contribution in [0.5, 0.6) is 0 Å². The Labute approximate surface area is 294 Å². The van der Waals surface area contributed by atoms with Crippen molar-refractivity contribution in [2.45, 2.75) is 193 Å². The first-order valence-corrected chi connectivity index (χ1v) is 21.0. The summed E-state index contributed by atoms with van der Waals surface area (Å²) in [6.07, 6.45) is 38.1. The molecule has 2 unspecified atom stereocenters. The van der Waals surface area contributed by atoms with E-state index in [0.29, 0.717) is 6.42 Å². The second-order valence-electron chi connectivity index (χ2n) is 13.1. The van der Waals surface area contributed by atoms with Gasteiger partial charge in [0.15, 0.2) is 6.10 Å². The van der Waals surface area contributed by atoms with Gasteiger partial charge < -0.3 is 14.4 Å². The Morgan fingerprint density at radius 2 is 0.979 bits per heavy atom. The minimum absolute atomic E-state index is 0.228. The van der Waals surface area contributed by atoms with Crippen molar-refractivity contribution in [2.24, 2.45) is 0 Å². The van der Waals surface area contributed by atoms with Crippen molar-refractivity contribution in [3.8, 4) is 0 Å². The summed E-state index contributed by atoms with van der Waals surface area (Å²) >= 11 is 0. The number of phosphoric acid groups is 1. The van der Waals surface area contributed by atoms with Crippen LogP contribution < -0.4 is 0 Å². The highest BCUT2D eigenvalue weighted by Crippen LogP contribution is 2.42. The summed E-state index contributed by atoms with van der Waals surface area (Å²) in [5.41, 5.74) is 0. The third-order valence-electron chi connectivity index (χ3n) is 8.40. The summed E-state index contributed by atoms with van der Waals surface area (Å²) in [6, 6.07) is 0. The molecule has 0 amide bonds. The Balaban J connectivity index is 3.99. The van der Waals surface area contributed by atoms with Crippen LogP contribution in [0.1, 0.15) is 187 Å². The molecule has 48 heavy (non-hydrogen) atoms. The summed E-state index contributed by atoms with van der Waals surface area (Å²) in [5.74, 6) is -0.816. The zero-order valence-corrected chi connectivity index (χ0v) is 32.0. The monoisotopic (exact) mass is 701 g/mol. The van der Waals surface area contributed by atoms with Gasteiger partial charge in [-0.1, -0.05) is 141 Å². The number of carbonyl (C=O) groups is 2. The third kappa shape index (κ3) is 34.4. The van der Waals surface area contributed by atoms with Gasteiger partial charge in [0, 0.05) is 20.0 Å². The van der Waals surface area contributed by atoms with Crippen LogP contribution in [-0.4, -0.2) is 43.3 Å². The van der Waals surface area contributed by atoms with E-state index in [2.05, 4.69) is 42.7 Å². The maximum absolute atomic E-state index is 12.5.